The van der Waals surface area contributed by atoms with Gasteiger partial charge in [0.2, 0.25) is 0 Å². The van der Waals surface area contributed by atoms with E-state index in [-0.39, 0.29) is 61.9 Å². The summed E-state index contributed by atoms with van der Waals surface area (Å²) in [6.45, 7) is 4.83. The van der Waals surface area contributed by atoms with E-state index < -0.39 is 5.60 Å². The van der Waals surface area contributed by atoms with E-state index in [4.69, 9.17) is 9.47 Å². The van der Waals surface area contributed by atoms with Crippen LogP contribution in [-0.2, 0) is 19.1 Å². The first-order valence-electron chi connectivity index (χ1n) is 9.76. The van der Waals surface area contributed by atoms with E-state index in [1.54, 1.807) is 0 Å². The Labute approximate surface area is 156 Å². The zero-order valence-corrected chi connectivity index (χ0v) is 15.1. The SMILES string of the molecule is C.C[C@@H]1C[C@@]2(OC1=O)[C@H](CO)CCCN1[C@H]2CC[C@H]1[C@@H]1C[C@H](C)C(=O)O1. The number of carbonyl (C=O) groups is 2. The van der Waals surface area contributed by atoms with Gasteiger partial charge in [-0.25, -0.2) is 0 Å². The van der Waals surface area contributed by atoms with E-state index in [0.717, 1.165) is 38.6 Å². The van der Waals surface area contributed by atoms with E-state index in [1.807, 2.05) is 13.8 Å². The molecule has 4 aliphatic rings. The van der Waals surface area contributed by atoms with Gasteiger partial charge in [0.05, 0.1) is 17.9 Å². The number of nitrogens with zero attached hydrogens (tertiary/aromatic N) is 1. The van der Waals surface area contributed by atoms with Crippen molar-refractivity contribution in [1.29, 1.82) is 0 Å². The first kappa shape index (κ1) is 19.6. The van der Waals surface area contributed by atoms with Crippen LogP contribution in [0.25, 0.3) is 0 Å². The second-order valence-corrected chi connectivity index (χ2v) is 8.51. The fraction of sp³-hybridized carbons (Fsp3) is 0.900. The van der Waals surface area contributed by atoms with E-state index >= 15 is 0 Å². The Hall–Kier alpha value is -1.14. The van der Waals surface area contributed by atoms with E-state index in [1.165, 1.54) is 0 Å². The summed E-state index contributed by atoms with van der Waals surface area (Å²) in [5, 5.41) is 10.0. The van der Waals surface area contributed by atoms with Gasteiger partial charge in [-0.1, -0.05) is 21.3 Å². The predicted octanol–water partition coefficient (Wildman–Crippen LogP) is 2.13. The van der Waals surface area contributed by atoms with Crippen LogP contribution < -0.4 is 0 Å². The predicted molar refractivity (Wildman–Crippen MR) is 96.3 cm³/mol. The maximum absolute atomic E-state index is 12.2. The molecule has 0 saturated carbocycles. The summed E-state index contributed by atoms with van der Waals surface area (Å²) in [4.78, 5) is 26.5. The fourth-order valence-electron chi connectivity index (χ4n) is 5.76. The lowest BCUT2D eigenvalue weighted by atomic mass is 9.75. The molecular formula is C20H33NO5. The Morgan fingerprint density at radius 1 is 1.15 bits per heavy atom. The molecule has 0 bridgehead atoms. The lowest BCUT2D eigenvalue weighted by Crippen LogP contribution is -2.56. The number of rotatable bonds is 2. The van der Waals surface area contributed by atoms with Crippen LogP contribution in [0.3, 0.4) is 0 Å². The van der Waals surface area contributed by atoms with E-state index in [2.05, 4.69) is 4.90 Å². The quantitative estimate of drug-likeness (QED) is 0.754. The van der Waals surface area contributed by atoms with Crippen molar-refractivity contribution in [2.45, 2.75) is 83.6 Å². The van der Waals surface area contributed by atoms with Crippen LogP contribution in [-0.4, -0.2) is 58.9 Å². The molecule has 4 rings (SSSR count). The molecule has 4 saturated heterocycles. The summed E-state index contributed by atoms with van der Waals surface area (Å²) in [5.74, 6) is -0.367. The summed E-state index contributed by atoms with van der Waals surface area (Å²) < 4.78 is 11.7. The van der Waals surface area contributed by atoms with Crippen LogP contribution in [0.1, 0.15) is 59.8 Å². The average molecular weight is 367 g/mol. The number of fused-ring (bicyclic) bond motifs is 2. The molecule has 0 unspecified atom stereocenters. The van der Waals surface area contributed by atoms with Crippen LogP contribution in [0.5, 0.6) is 0 Å². The molecule has 6 nitrogen and oxygen atoms in total. The highest BCUT2D eigenvalue weighted by molar-refractivity contribution is 5.75. The molecule has 0 aromatic rings. The maximum atomic E-state index is 12.2. The molecule has 4 fully saturated rings. The molecule has 0 amide bonds. The van der Waals surface area contributed by atoms with E-state index in [9.17, 15) is 14.7 Å². The third kappa shape index (κ3) is 2.85. The Morgan fingerprint density at radius 2 is 1.92 bits per heavy atom. The second kappa shape index (κ2) is 7.12. The normalized spacial score (nSPS) is 45.8. The molecule has 1 N–H and O–H groups in total. The first-order chi connectivity index (χ1) is 12.0. The van der Waals surface area contributed by atoms with Gasteiger partial charge >= 0.3 is 11.9 Å². The Bertz CT molecular complexity index is 566. The van der Waals surface area contributed by atoms with Crippen molar-refractivity contribution in [3.63, 3.8) is 0 Å². The number of ether oxygens (including phenoxy) is 2. The number of carbonyl (C=O) groups excluding carboxylic acids is 2. The molecule has 6 heteroatoms. The third-order valence-electron chi connectivity index (χ3n) is 7.01. The van der Waals surface area contributed by atoms with Gasteiger partial charge in [-0.3, -0.25) is 14.5 Å². The minimum absolute atomic E-state index is 0. The molecule has 4 aliphatic heterocycles. The molecular weight excluding hydrogens is 334 g/mol. The highest BCUT2D eigenvalue weighted by Crippen LogP contribution is 2.50. The monoisotopic (exact) mass is 367 g/mol. The molecule has 0 aromatic heterocycles. The lowest BCUT2D eigenvalue weighted by molar-refractivity contribution is -0.163. The molecule has 0 aromatic carbocycles. The Kier molecular flexibility index (Phi) is 5.37. The molecule has 148 valence electrons. The number of hydrogen-bond acceptors (Lipinski definition) is 6. The molecule has 26 heavy (non-hydrogen) atoms. The van der Waals surface area contributed by atoms with Gasteiger partial charge in [0.15, 0.2) is 0 Å². The van der Waals surface area contributed by atoms with Crippen molar-refractivity contribution in [2.75, 3.05) is 13.2 Å². The molecule has 1 spiro atoms. The van der Waals surface area contributed by atoms with E-state index in [0.29, 0.717) is 6.42 Å². The summed E-state index contributed by atoms with van der Waals surface area (Å²) >= 11 is 0. The molecule has 7 atom stereocenters. The standard InChI is InChI=1S/C19H29NO5.CH4/c1-11-8-15(24-17(11)22)14-5-6-16-19(9-12(2)18(23)25-19)13(10-21)4-3-7-20(14)16;/h11-16,21H,3-10H2,1-2H3;1H4/t11-,12+,13-,14-,15-,16-,19+;/m0./s1. The smallest absolute Gasteiger partial charge is 0.309 e. The van der Waals surface area contributed by atoms with Gasteiger partial charge in [-0.2, -0.15) is 0 Å². The van der Waals surface area contributed by atoms with Gasteiger partial charge < -0.3 is 14.6 Å². The van der Waals surface area contributed by atoms with Crippen LogP contribution in [0.15, 0.2) is 0 Å². The number of cyclic esters (lactones) is 1. The minimum atomic E-state index is -0.579. The van der Waals surface area contributed by atoms with Crippen LogP contribution in [0, 0.1) is 17.8 Å². The first-order valence-corrected chi connectivity index (χ1v) is 9.76. The highest BCUT2D eigenvalue weighted by Gasteiger charge is 2.60. The van der Waals surface area contributed by atoms with Gasteiger partial charge in [-0.15, -0.1) is 0 Å². The number of esters is 2. The second-order valence-electron chi connectivity index (χ2n) is 8.51. The molecule has 0 radical (unpaired) electrons. The van der Waals surface area contributed by atoms with Crippen molar-refractivity contribution in [3.05, 3.63) is 0 Å². The maximum Gasteiger partial charge on any atom is 0.309 e. The van der Waals surface area contributed by atoms with Gasteiger partial charge in [-0.05, 0) is 38.6 Å². The van der Waals surface area contributed by atoms with Crippen molar-refractivity contribution in [3.8, 4) is 0 Å². The zero-order valence-electron chi connectivity index (χ0n) is 15.1. The summed E-state index contributed by atoms with van der Waals surface area (Å²) in [5.41, 5.74) is -0.579. The minimum Gasteiger partial charge on any atom is -0.460 e. The van der Waals surface area contributed by atoms with Gasteiger partial charge in [0.1, 0.15) is 11.7 Å². The highest BCUT2D eigenvalue weighted by atomic mass is 16.6. The molecule has 0 aliphatic carbocycles. The lowest BCUT2D eigenvalue weighted by Gasteiger charge is -2.42. The van der Waals surface area contributed by atoms with Crippen molar-refractivity contribution in [2.24, 2.45) is 17.8 Å². The van der Waals surface area contributed by atoms with Crippen LogP contribution in [0.2, 0.25) is 0 Å². The fourth-order valence-corrected chi connectivity index (χ4v) is 5.76. The molecule has 4 heterocycles. The van der Waals surface area contributed by atoms with Crippen LogP contribution in [0.4, 0.5) is 0 Å². The number of hydrogen-bond donors (Lipinski definition) is 1. The Balaban J connectivity index is 0.00000196. The summed E-state index contributed by atoms with van der Waals surface area (Å²) in [7, 11) is 0. The number of aliphatic hydroxyl groups is 1. The summed E-state index contributed by atoms with van der Waals surface area (Å²) in [6, 6.07) is 0.337. The van der Waals surface area contributed by atoms with Gasteiger partial charge in [0.25, 0.3) is 0 Å². The topological polar surface area (TPSA) is 76.1 Å². The van der Waals surface area contributed by atoms with Crippen molar-refractivity contribution < 1.29 is 24.2 Å². The summed E-state index contributed by atoms with van der Waals surface area (Å²) in [6.07, 6.45) is 5.15. The zero-order chi connectivity index (χ0) is 17.8. The third-order valence-corrected chi connectivity index (χ3v) is 7.01. The average Bonchev–Trinajstić information content (AvgIpc) is 3.19. The van der Waals surface area contributed by atoms with Gasteiger partial charge in [0, 0.05) is 25.0 Å². The largest absolute Gasteiger partial charge is 0.460 e. The number of aliphatic hydroxyl groups excluding tert-OH is 1. The van der Waals surface area contributed by atoms with Crippen LogP contribution >= 0.6 is 0 Å². The van der Waals surface area contributed by atoms with Crippen molar-refractivity contribution in [1.82, 2.24) is 4.90 Å². The van der Waals surface area contributed by atoms with Crippen molar-refractivity contribution >= 4 is 11.9 Å². The Morgan fingerprint density at radius 3 is 2.50 bits per heavy atom.